The molecule has 3 N–H and O–H groups in total. The molecule has 0 aromatic heterocycles. The van der Waals surface area contributed by atoms with Gasteiger partial charge in [0.15, 0.2) is 0 Å². The van der Waals surface area contributed by atoms with E-state index in [-0.39, 0.29) is 36.3 Å². The zero-order valence-electron chi connectivity index (χ0n) is 17.5. The molecule has 0 bridgehead atoms. The number of nitrogens with one attached hydrogen (secondary N) is 2. The molecule has 1 unspecified atom stereocenters. The molecule has 31 heavy (non-hydrogen) atoms. The predicted molar refractivity (Wildman–Crippen MR) is 125 cm³/mol. The lowest BCUT2D eigenvalue weighted by Crippen LogP contribution is -2.38. The van der Waals surface area contributed by atoms with Crippen molar-refractivity contribution in [1.82, 2.24) is 15.5 Å². The second-order valence-corrected chi connectivity index (χ2v) is 7.14. The first-order valence-corrected chi connectivity index (χ1v) is 9.88. The van der Waals surface area contributed by atoms with Gasteiger partial charge in [0.25, 0.3) is 5.91 Å². The van der Waals surface area contributed by atoms with Gasteiger partial charge in [0, 0.05) is 38.3 Å². The summed E-state index contributed by atoms with van der Waals surface area (Å²) in [4.78, 5) is 14.4. The summed E-state index contributed by atoms with van der Waals surface area (Å²) in [6, 6.07) is 11.7. The average molecular weight is 474 g/mol. The molecule has 0 radical (unpaired) electrons. The van der Waals surface area contributed by atoms with Crippen LogP contribution in [-0.2, 0) is 4.74 Å². The third kappa shape index (κ3) is 8.03. The molecule has 2 aromatic rings. The maximum atomic E-state index is 14.1. The van der Waals surface area contributed by atoms with Crippen LogP contribution in [0.1, 0.15) is 22.0 Å². The van der Waals surface area contributed by atoms with Crippen LogP contribution in [0.25, 0.3) is 11.1 Å². The Balaban J connectivity index is 0.00000240. The number of carbonyl (C=O) groups excluding carboxylic acids is 1. The van der Waals surface area contributed by atoms with Crippen molar-refractivity contribution >= 4 is 30.7 Å². The molecule has 0 aliphatic carbocycles. The fourth-order valence-electron chi connectivity index (χ4n) is 3.32. The second kappa shape index (κ2) is 13.6. The van der Waals surface area contributed by atoms with E-state index in [9.17, 15) is 14.3 Å². The summed E-state index contributed by atoms with van der Waals surface area (Å²) in [7, 11) is 1.80. The normalized spacial score (nSPS) is 14.8. The highest BCUT2D eigenvalue weighted by molar-refractivity contribution is 5.95. The molecule has 1 saturated heterocycles. The highest BCUT2D eigenvalue weighted by Crippen LogP contribution is 2.25. The molecule has 1 fully saturated rings. The quantitative estimate of drug-likeness (QED) is 0.514. The molecule has 1 amide bonds. The van der Waals surface area contributed by atoms with Gasteiger partial charge in [-0.25, -0.2) is 4.39 Å². The Morgan fingerprint density at radius 2 is 1.77 bits per heavy atom. The van der Waals surface area contributed by atoms with Gasteiger partial charge in [-0.1, -0.05) is 24.3 Å². The molecule has 1 atom stereocenters. The van der Waals surface area contributed by atoms with Crippen molar-refractivity contribution in [3.8, 4) is 11.1 Å². The number of morpholine rings is 1. The predicted octanol–water partition coefficient (Wildman–Crippen LogP) is 2.65. The van der Waals surface area contributed by atoms with E-state index in [2.05, 4.69) is 15.5 Å². The van der Waals surface area contributed by atoms with Crippen LogP contribution in [0.5, 0.6) is 0 Å². The summed E-state index contributed by atoms with van der Waals surface area (Å²) in [5, 5.41) is 16.2. The van der Waals surface area contributed by atoms with Crippen molar-refractivity contribution in [3.63, 3.8) is 0 Å². The van der Waals surface area contributed by atoms with Gasteiger partial charge in [-0.3, -0.25) is 9.69 Å². The Labute approximate surface area is 195 Å². The summed E-state index contributed by atoms with van der Waals surface area (Å²) in [5.41, 5.74) is 2.50. The Kier molecular flexibility index (Phi) is 12.0. The average Bonchev–Trinajstić information content (AvgIpc) is 2.74. The van der Waals surface area contributed by atoms with E-state index in [1.165, 1.54) is 12.1 Å². The second-order valence-electron chi connectivity index (χ2n) is 7.14. The van der Waals surface area contributed by atoms with E-state index in [0.717, 1.165) is 24.2 Å². The molecule has 172 valence electrons. The van der Waals surface area contributed by atoms with E-state index in [0.29, 0.717) is 38.4 Å². The number of hydrogen-bond acceptors (Lipinski definition) is 5. The van der Waals surface area contributed by atoms with Crippen molar-refractivity contribution in [2.75, 3.05) is 53.0 Å². The van der Waals surface area contributed by atoms with Crippen molar-refractivity contribution in [2.24, 2.45) is 0 Å². The number of halogens is 3. The molecule has 2 aromatic carbocycles. The van der Waals surface area contributed by atoms with Gasteiger partial charge in [0.1, 0.15) is 5.82 Å². The van der Waals surface area contributed by atoms with Crippen LogP contribution in [0, 0.1) is 5.82 Å². The van der Waals surface area contributed by atoms with Crippen LogP contribution in [-0.4, -0.2) is 68.9 Å². The minimum atomic E-state index is -0.594. The first kappa shape index (κ1) is 27.3. The van der Waals surface area contributed by atoms with Crippen molar-refractivity contribution < 1.29 is 19.0 Å². The third-order valence-corrected chi connectivity index (χ3v) is 4.98. The topological polar surface area (TPSA) is 73.8 Å². The van der Waals surface area contributed by atoms with Crippen molar-refractivity contribution in [1.29, 1.82) is 0 Å². The van der Waals surface area contributed by atoms with Crippen LogP contribution in [0.2, 0.25) is 0 Å². The smallest absolute Gasteiger partial charge is 0.251 e. The molecular formula is C22H30Cl2FN3O3. The number of ether oxygens (including phenoxy) is 1. The Morgan fingerprint density at radius 3 is 2.42 bits per heavy atom. The van der Waals surface area contributed by atoms with Crippen LogP contribution in [0.15, 0.2) is 42.5 Å². The van der Waals surface area contributed by atoms with E-state index in [1.807, 2.05) is 24.3 Å². The van der Waals surface area contributed by atoms with E-state index < -0.39 is 11.9 Å². The molecular weight excluding hydrogens is 444 g/mol. The van der Waals surface area contributed by atoms with Gasteiger partial charge in [0.05, 0.1) is 19.3 Å². The first-order chi connectivity index (χ1) is 14.1. The summed E-state index contributed by atoms with van der Waals surface area (Å²) in [6.07, 6.45) is -0.594. The minimum absolute atomic E-state index is 0. The van der Waals surface area contributed by atoms with Gasteiger partial charge in [-0.05, 0) is 41.9 Å². The van der Waals surface area contributed by atoms with Crippen LogP contribution < -0.4 is 10.6 Å². The molecule has 0 spiro atoms. The van der Waals surface area contributed by atoms with E-state index in [1.54, 1.807) is 13.1 Å². The molecule has 1 heterocycles. The number of β-amino-alcohol motifs (C(OH)–C–C–N with tert-alkyl or cyclic N) is 1. The van der Waals surface area contributed by atoms with Crippen LogP contribution in [0.3, 0.4) is 0 Å². The molecule has 0 saturated carbocycles. The summed E-state index contributed by atoms with van der Waals surface area (Å²) in [5.74, 6) is -0.767. The van der Waals surface area contributed by atoms with Crippen molar-refractivity contribution in [3.05, 3.63) is 59.4 Å². The molecule has 6 nitrogen and oxygen atoms in total. The van der Waals surface area contributed by atoms with Gasteiger partial charge >= 0.3 is 0 Å². The summed E-state index contributed by atoms with van der Waals surface area (Å²) >= 11 is 0. The SMILES string of the molecule is CNCCNC(=O)c1cc(F)cc(-c2ccc(C(O)CN3CCOCC3)cc2)c1.Cl.Cl. The fraction of sp³-hybridized carbons (Fsp3) is 0.409. The number of hydrogen-bond donors (Lipinski definition) is 3. The molecule has 1 aliphatic rings. The summed E-state index contributed by atoms with van der Waals surface area (Å²) < 4.78 is 19.4. The van der Waals surface area contributed by atoms with Crippen molar-refractivity contribution in [2.45, 2.75) is 6.10 Å². The number of aliphatic hydroxyl groups excluding tert-OH is 1. The maximum Gasteiger partial charge on any atom is 0.251 e. The van der Waals surface area contributed by atoms with Gasteiger partial charge < -0.3 is 20.5 Å². The lowest BCUT2D eigenvalue weighted by Gasteiger charge is -2.28. The molecule has 9 heteroatoms. The largest absolute Gasteiger partial charge is 0.387 e. The van der Waals surface area contributed by atoms with Crippen LogP contribution in [0.4, 0.5) is 4.39 Å². The van der Waals surface area contributed by atoms with Gasteiger partial charge in [-0.15, -0.1) is 24.8 Å². The van der Waals surface area contributed by atoms with Crippen LogP contribution >= 0.6 is 24.8 Å². The summed E-state index contributed by atoms with van der Waals surface area (Å²) in [6.45, 7) is 4.68. The number of amides is 1. The third-order valence-electron chi connectivity index (χ3n) is 4.98. The lowest BCUT2D eigenvalue weighted by atomic mass is 9.99. The Morgan fingerprint density at radius 1 is 1.10 bits per heavy atom. The molecule has 1 aliphatic heterocycles. The zero-order chi connectivity index (χ0) is 20.6. The number of likely N-dealkylation sites (N-methyl/N-ethyl adjacent to an activating group) is 1. The van der Waals surface area contributed by atoms with Gasteiger partial charge in [0.2, 0.25) is 0 Å². The lowest BCUT2D eigenvalue weighted by molar-refractivity contribution is 0.0143. The first-order valence-electron chi connectivity index (χ1n) is 9.88. The fourth-order valence-corrected chi connectivity index (χ4v) is 3.32. The zero-order valence-corrected chi connectivity index (χ0v) is 19.1. The minimum Gasteiger partial charge on any atom is -0.387 e. The van der Waals surface area contributed by atoms with Gasteiger partial charge in [-0.2, -0.15) is 0 Å². The van der Waals surface area contributed by atoms with E-state index >= 15 is 0 Å². The molecule has 3 rings (SSSR count). The highest BCUT2D eigenvalue weighted by atomic mass is 35.5. The number of aliphatic hydroxyl groups is 1. The Hall–Kier alpha value is -1.74. The number of nitrogens with zero attached hydrogens (tertiary/aromatic N) is 1. The number of carbonyl (C=O) groups is 1. The maximum absolute atomic E-state index is 14.1. The Bertz CT molecular complexity index is 818. The monoisotopic (exact) mass is 473 g/mol. The standard InChI is InChI=1S/C22H28FN3O3.2ClH/c1-24-6-7-25-22(28)19-12-18(13-20(23)14-19)16-2-4-17(5-3-16)21(27)15-26-8-10-29-11-9-26;;/h2-5,12-14,21,24,27H,6-11,15H2,1H3,(H,25,28);2*1H. The number of benzene rings is 2. The number of rotatable bonds is 8. The van der Waals surface area contributed by atoms with E-state index in [4.69, 9.17) is 4.74 Å². The highest BCUT2D eigenvalue weighted by Gasteiger charge is 2.16.